The number of sulfonamides is 2. The van der Waals surface area contributed by atoms with Crippen LogP contribution in [0.15, 0.2) is 107 Å². The fourth-order valence-electron chi connectivity index (χ4n) is 3.82. The van der Waals surface area contributed by atoms with Crippen LogP contribution in [0.3, 0.4) is 0 Å². The van der Waals surface area contributed by atoms with E-state index in [9.17, 15) is 21.6 Å². The average molecular weight is 600 g/mol. The van der Waals surface area contributed by atoms with Gasteiger partial charge in [-0.15, -0.1) is 0 Å². The fraction of sp³-hybridized carbons (Fsp3) is 0.107. The van der Waals surface area contributed by atoms with E-state index >= 15 is 0 Å². The van der Waals surface area contributed by atoms with Gasteiger partial charge in [-0.1, -0.05) is 41.9 Å². The number of aryl methyl sites for hydroxylation is 1. The van der Waals surface area contributed by atoms with Gasteiger partial charge in [-0.05, 0) is 79.2 Å². The summed E-state index contributed by atoms with van der Waals surface area (Å²) in [5.74, 6) is -0.307. The molecule has 12 heteroatoms. The van der Waals surface area contributed by atoms with E-state index in [2.05, 4.69) is 10.0 Å². The van der Waals surface area contributed by atoms with Gasteiger partial charge in [0.1, 0.15) is 12.3 Å². The van der Waals surface area contributed by atoms with Crippen molar-refractivity contribution in [3.05, 3.63) is 108 Å². The Kier molecular flexibility index (Phi) is 8.67. The molecule has 0 aliphatic heterocycles. The van der Waals surface area contributed by atoms with Gasteiger partial charge in [0.2, 0.25) is 5.91 Å². The summed E-state index contributed by atoms with van der Waals surface area (Å²) >= 11 is 6.25. The molecule has 9 nitrogen and oxygen atoms in total. The Morgan fingerprint density at radius 3 is 2.15 bits per heavy atom. The standard InChI is InChI=1S/C28H26ClN3O6S2/c1-20-7-6-8-22(17-20)31-39(34,35)24-14-11-21(12-15-24)30-28(33)19-32(23-13-16-27(38-2)26(29)18-23)40(36,37)25-9-4-3-5-10-25/h3-18,31H,19H2,1-2H3,(H,30,33). The molecule has 40 heavy (non-hydrogen) atoms. The molecule has 0 aromatic heterocycles. The van der Waals surface area contributed by atoms with Gasteiger partial charge in [0.05, 0.1) is 27.6 Å². The normalized spacial score (nSPS) is 11.5. The van der Waals surface area contributed by atoms with Crippen molar-refractivity contribution in [3.63, 3.8) is 0 Å². The number of nitrogens with one attached hydrogen (secondary N) is 2. The number of carbonyl (C=O) groups excluding carboxylic acids is 1. The van der Waals surface area contributed by atoms with E-state index in [1.54, 1.807) is 36.4 Å². The van der Waals surface area contributed by atoms with Gasteiger partial charge < -0.3 is 10.1 Å². The maximum Gasteiger partial charge on any atom is 0.264 e. The molecule has 0 aliphatic rings. The Bertz CT molecular complexity index is 1730. The second-order valence-electron chi connectivity index (χ2n) is 8.69. The number of nitrogens with zero attached hydrogens (tertiary/aromatic N) is 1. The van der Waals surface area contributed by atoms with Crippen molar-refractivity contribution >= 4 is 54.6 Å². The number of methoxy groups -OCH3 is 1. The predicted octanol–water partition coefficient (Wildman–Crippen LogP) is 5.29. The van der Waals surface area contributed by atoms with Crippen LogP contribution in [-0.4, -0.2) is 36.4 Å². The highest BCUT2D eigenvalue weighted by molar-refractivity contribution is 7.93. The number of hydrogen-bond donors (Lipinski definition) is 2. The SMILES string of the molecule is COc1ccc(N(CC(=O)Nc2ccc(S(=O)(=O)Nc3cccc(C)c3)cc2)S(=O)(=O)c2ccccc2)cc1Cl. The summed E-state index contributed by atoms with van der Waals surface area (Å²) in [4.78, 5) is 13.0. The molecule has 208 valence electrons. The third-order valence-electron chi connectivity index (χ3n) is 5.76. The summed E-state index contributed by atoms with van der Waals surface area (Å²) in [7, 11) is -6.58. The highest BCUT2D eigenvalue weighted by Gasteiger charge is 2.28. The van der Waals surface area contributed by atoms with E-state index in [4.69, 9.17) is 16.3 Å². The molecule has 4 aromatic rings. The van der Waals surface area contributed by atoms with Crippen molar-refractivity contribution in [2.75, 3.05) is 28.0 Å². The van der Waals surface area contributed by atoms with Crippen molar-refractivity contribution < 1.29 is 26.4 Å². The van der Waals surface area contributed by atoms with Gasteiger partial charge in [-0.25, -0.2) is 16.8 Å². The topological polar surface area (TPSA) is 122 Å². The van der Waals surface area contributed by atoms with E-state index in [1.165, 1.54) is 61.7 Å². The van der Waals surface area contributed by atoms with Crippen LogP contribution in [0.1, 0.15) is 5.56 Å². The molecule has 0 aliphatic carbocycles. The van der Waals surface area contributed by atoms with E-state index in [0.29, 0.717) is 11.4 Å². The van der Waals surface area contributed by atoms with Crippen LogP contribution < -0.4 is 19.1 Å². The molecule has 0 bridgehead atoms. The molecule has 0 saturated heterocycles. The van der Waals surface area contributed by atoms with E-state index in [0.717, 1.165) is 9.87 Å². The minimum Gasteiger partial charge on any atom is -0.495 e. The maximum atomic E-state index is 13.5. The van der Waals surface area contributed by atoms with Crippen molar-refractivity contribution in [2.45, 2.75) is 16.7 Å². The second kappa shape index (κ2) is 12.0. The van der Waals surface area contributed by atoms with Crippen LogP contribution in [0.2, 0.25) is 5.02 Å². The van der Waals surface area contributed by atoms with Crippen molar-refractivity contribution in [2.24, 2.45) is 0 Å². The highest BCUT2D eigenvalue weighted by atomic mass is 35.5. The average Bonchev–Trinajstić information content (AvgIpc) is 2.92. The molecule has 0 heterocycles. The van der Waals surface area contributed by atoms with Crippen LogP contribution in [0.4, 0.5) is 17.1 Å². The molecule has 4 aromatic carbocycles. The van der Waals surface area contributed by atoms with Gasteiger partial charge in [-0.2, -0.15) is 0 Å². The largest absolute Gasteiger partial charge is 0.495 e. The van der Waals surface area contributed by atoms with Gasteiger partial charge >= 0.3 is 0 Å². The Hall–Kier alpha value is -4.06. The molecule has 0 saturated carbocycles. The monoisotopic (exact) mass is 599 g/mol. The van der Waals surface area contributed by atoms with Crippen LogP contribution in [0.25, 0.3) is 0 Å². The third-order valence-corrected chi connectivity index (χ3v) is 9.24. The second-order valence-corrected chi connectivity index (χ2v) is 12.6. The zero-order chi connectivity index (χ0) is 28.9. The number of halogens is 1. The number of hydrogen-bond acceptors (Lipinski definition) is 6. The lowest BCUT2D eigenvalue weighted by Gasteiger charge is -2.24. The summed E-state index contributed by atoms with van der Waals surface area (Å²) in [5, 5.41) is 2.79. The molecule has 4 rings (SSSR count). The van der Waals surface area contributed by atoms with Crippen LogP contribution in [0.5, 0.6) is 5.75 Å². The summed E-state index contributed by atoms with van der Waals surface area (Å²) in [6.45, 7) is 1.28. The van der Waals surface area contributed by atoms with Crippen molar-refractivity contribution in [1.82, 2.24) is 0 Å². The van der Waals surface area contributed by atoms with Gasteiger partial charge in [0.15, 0.2) is 0 Å². The molecule has 0 atom stereocenters. The lowest BCUT2D eigenvalue weighted by Crippen LogP contribution is -2.38. The van der Waals surface area contributed by atoms with Crippen LogP contribution >= 0.6 is 11.6 Å². The van der Waals surface area contributed by atoms with E-state index in [1.807, 2.05) is 13.0 Å². The third kappa shape index (κ3) is 6.74. The number of carbonyl (C=O) groups is 1. The molecule has 1 amide bonds. The lowest BCUT2D eigenvalue weighted by atomic mass is 10.2. The molecular formula is C28H26ClN3O6S2. The van der Waals surface area contributed by atoms with Gasteiger partial charge in [0.25, 0.3) is 20.0 Å². The minimum atomic E-state index is -4.15. The van der Waals surface area contributed by atoms with Crippen molar-refractivity contribution in [3.8, 4) is 5.75 Å². The quantitative estimate of drug-likeness (QED) is 0.255. The van der Waals surface area contributed by atoms with E-state index in [-0.39, 0.29) is 26.2 Å². The lowest BCUT2D eigenvalue weighted by molar-refractivity contribution is -0.114. The number of benzene rings is 4. The first-order chi connectivity index (χ1) is 19.0. The summed E-state index contributed by atoms with van der Waals surface area (Å²) in [6, 6.07) is 24.5. The number of rotatable bonds is 10. The Morgan fingerprint density at radius 1 is 0.825 bits per heavy atom. The summed E-state index contributed by atoms with van der Waals surface area (Å²) in [5.41, 5.74) is 1.77. The van der Waals surface area contributed by atoms with Gasteiger partial charge in [-0.3, -0.25) is 13.8 Å². The number of amides is 1. The van der Waals surface area contributed by atoms with Crippen LogP contribution in [-0.2, 0) is 24.8 Å². The summed E-state index contributed by atoms with van der Waals surface area (Å²) < 4.78 is 61.2. The molecule has 0 unspecified atom stereocenters. The molecule has 0 radical (unpaired) electrons. The van der Waals surface area contributed by atoms with Crippen molar-refractivity contribution in [1.29, 1.82) is 0 Å². The predicted molar refractivity (Wildman–Crippen MR) is 156 cm³/mol. The molecule has 0 spiro atoms. The Balaban J connectivity index is 1.55. The Labute approximate surface area is 238 Å². The molecule has 0 fully saturated rings. The number of anilines is 3. The zero-order valence-electron chi connectivity index (χ0n) is 21.5. The first-order valence-electron chi connectivity index (χ1n) is 11.9. The Morgan fingerprint density at radius 2 is 1.52 bits per heavy atom. The summed E-state index contributed by atoms with van der Waals surface area (Å²) in [6.07, 6.45) is 0. The van der Waals surface area contributed by atoms with E-state index < -0.39 is 32.5 Å². The number of ether oxygens (including phenoxy) is 1. The zero-order valence-corrected chi connectivity index (χ0v) is 23.9. The maximum absolute atomic E-state index is 13.5. The molecular weight excluding hydrogens is 574 g/mol. The van der Waals surface area contributed by atoms with Crippen LogP contribution in [0, 0.1) is 6.92 Å². The first-order valence-corrected chi connectivity index (χ1v) is 15.2. The van der Waals surface area contributed by atoms with Gasteiger partial charge in [0, 0.05) is 11.4 Å². The molecule has 2 N–H and O–H groups in total. The fourth-order valence-corrected chi connectivity index (χ4v) is 6.55. The smallest absolute Gasteiger partial charge is 0.264 e. The highest BCUT2D eigenvalue weighted by Crippen LogP contribution is 2.32. The minimum absolute atomic E-state index is 0.00633. The first kappa shape index (κ1) is 28.9.